The van der Waals surface area contributed by atoms with Crippen LogP contribution in [0.25, 0.3) is 10.9 Å². The second-order valence-corrected chi connectivity index (χ2v) is 10.6. The summed E-state index contributed by atoms with van der Waals surface area (Å²) in [6, 6.07) is 11.9. The van der Waals surface area contributed by atoms with Gasteiger partial charge in [-0.25, -0.2) is 0 Å². The quantitative estimate of drug-likeness (QED) is 0.154. The van der Waals surface area contributed by atoms with Crippen LogP contribution < -0.4 is 5.32 Å². The van der Waals surface area contributed by atoms with Crippen LogP contribution in [0.4, 0.5) is 0 Å². The Kier molecular flexibility index (Phi) is 9.84. The lowest BCUT2D eigenvalue weighted by atomic mass is 10.1. The molecule has 12 heteroatoms. The molecule has 2 N–H and O–H groups in total. The topological polar surface area (TPSA) is 124 Å². The summed E-state index contributed by atoms with van der Waals surface area (Å²) in [4.78, 5) is 40.3. The number of carbonyl (C=O) groups excluding carboxylic acids is 2. The third kappa shape index (κ3) is 7.14. The number of benzene rings is 2. The zero-order chi connectivity index (χ0) is 25.4. The smallest absolute Gasteiger partial charge is 0.294 e. The molecule has 0 saturated heterocycles. The second kappa shape index (κ2) is 12.8. The van der Waals surface area contributed by atoms with E-state index in [4.69, 9.17) is 11.6 Å². The third-order valence-electron chi connectivity index (χ3n) is 5.17. The monoisotopic (exact) mass is 537 g/mol. The van der Waals surface area contributed by atoms with E-state index in [1.807, 2.05) is 0 Å². The van der Waals surface area contributed by atoms with Crippen LogP contribution >= 0.6 is 33.2 Å². The second-order valence-electron chi connectivity index (χ2n) is 7.45. The molecule has 0 atom stereocenters. The first-order valence-electron chi connectivity index (χ1n) is 10.6. The molecule has 3 rings (SSSR count). The number of fused-ring (bicyclic) bond motifs is 1. The molecular formula is C23H24ClN3O6S2. The van der Waals surface area contributed by atoms with Gasteiger partial charge in [0.1, 0.15) is 6.61 Å². The zero-order valence-electron chi connectivity index (χ0n) is 18.9. The fourth-order valence-corrected chi connectivity index (χ4v) is 5.40. The van der Waals surface area contributed by atoms with Crippen molar-refractivity contribution in [1.82, 2.24) is 9.88 Å². The van der Waals surface area contributed by atoms with E-state index < -0.39 is 5.09 Å². The van der Waals surface area contributed by atoms with Crippen molar-refractivity contribution in [3.63, 3.8) is 0 Å². The highest BCUT2D eigenvalue weighted by molar-refractivity contribution is 8.76. The summed E-state index contributed by atoms with van der Waals surface area (Å²) in [6.07, 6.45) is 0.0760. The minimum absolute atomic E-state index is 0.0188. The van der Waals surface area contributed by atoms with Crippen molar-refractivity contribution in [2.24, 2.45) is 0 Å². The fourth-order valence-electron chi connectivity index (χ4n) is 3.55. The SMILES string of the molecule is Cc1c(CC(=O)NCCSSCCO[N+](=O)[O-])c2cc(CO)ccc2n1C(=O)c1ccc(Cl)cc1. The summed E-state index contributed by atoms with van der Waals surface area (Å²) in [5, 5.41) is 23.0. The number of halogens is 1. The molecule has 1 heterocycles. The lowest BCUT2D eigenvalue weighted by molar-refractivity contribution is -0.756. The van der Waals surface area contributed by atoms with Crippen molar-refractivity contribution >= 4 is 55.9 Å². The molecule has 0 saturated carbocycles. The Balaban J connectivity index is 1.71. The summed E-state index contributed by atoms with van der Waals surface area (Å²) in [6.45, 7) is 2.09. The van der Waals surface area contributed by atoms with Gasteiger partial charge in [0.15, 0.2) is 0 Å². The molecule has 0 bridgehead atoms. The summed E-state index contributed by atoms with van der Waals surface area (Å²) < 4.78 is 1.59. The van der Waals surface area contributed by atoms with Crippen LogP contribution in [0.1, 0.15) is 27.2 Å². The Bertz CT molecular complexity index is 1220. The molecule has 0 aliphatic carbocycles. The maximum atomic E-state index is 13.3. The average Bonchev–Trinajstić information content (AvgIpc) is 3.10. The van der Waals surface area contributed by atoms with Crippen LogP contribution in [-0.4, -0.2) is 51.2 Å². The lowest BCUT2D eigenvalue weighted by Gasteiger charge is -2.08. The lowest BCUT2D eigenvalue weighted by Crippen LogP contribution is -2.27. The van der Waals surface area contributed by atoms with Crippen LogP contribution in [0.5, 0.6) is 0 Å². The maximum absolute atomic E-state index is 13.3. The predicted molar refractivity (Wildman–Crippen MR) is 138 cm³/mol. The molecule has 2 aromatic carbocycles. The zero-order valence-corrected chi connectivity index (χ0v) is 21.3. The van der Waals surface area contributed by atoms with E-state index in [-0.39, 0.29) is 31.4 Å². The average molecular weight is 538 g/mol. The van der Waals surface area contributed by atoms with Crippen LogP contribution in [0.15, 0.2) is 42.5 Å². The van der Waals surface area contributed by atoms with Gasteiger partial charge in [0.05, 0.1) is 18.5 Å². The Morgan fingerprint density at radius 1 is 1.17 bits per heavy atom. The largest absolute Gasteiger partial charge is 0.392 e. The van der Waals surface area contributed by atoms with Crippen molar-refractivity contribution in [3.8, 4) is 0 Å². The van der Waals surface area contributed by atoms with Gasteiger partial charge in [0.25, 0.3) is 11.0 Å². The first-order valence-corrected chi connectivity index (χ1v) is 13.5. The van der Waals surface area contributed by atoms with E-state index in [0.717, 1.165) is 5.39 Å². The number of nitrogens with zero attached hydrogens (tertiary/aromatic N) is 2. The van der Waals surface area contributed by atoms with E-state index >= 15 is 0 Å². The Morgan fingerprint density at radius 2 is 1.89 bits per heavy atom. The number of carbonyl (C=O) groups is 2. The number of aliphatic hydroxyl groups excluding tert-OH is 1. The van der Waals surface area contributed by atoms with Crippen LogP contribution in [0, 0.1) is 17.0 Å². The Hall–Kier alpha value is -2.73. The van der Waals surface area contributed by atoms with Gasteiger partial charge < -0.3 is 15.3 Å². The van der Waals surface area contributed by atoms with Crippen molar-refractivity contribution in [1.29, 1.82) is 0 Å². The molecular weight excluding hydrogens is 514 g/mol. The molecule has 0 aliphatic heterocycles. The highest BCUT2D eigenvalue weighted by Crippen LogP contribution is 2.29. The van der Waals surface area contributed by atoms with Crippen LogP contribution in [0.2, 0.25) is 5.02 Å². The molecule has 0 radical (unpaired) electrons. The number of rotatable bonds is 12. The number of aliphatic hydroxyl groups is 1. The molecule has 35 heavy (non-hydrogen) atoms. The normalized spacial score (nSPS) is 10.9. The van der Waals surface area contributed by atoms with Gasteiger partial charge in [-0.05, 0) is 54.4 Å². The van der Waals surface area contributed by atoms with E-state index in [9.17, 15) is 24.8 Å². The standard InChI is InChI=1S/C23H24ClN3O6S2/c1-15-19(13-22(29)25-8-10-34-35-11-9-33-27(31)32)20-12-16(14-28)2-7-21(20)26(15)23(30)17-3-5-18(24)6-4-17/h2-7,12,28H,8-11,13-14H2,1H3,(H,25,29). The van der Waals surface area contributed by atoms with Crippen LogP contribution in [-0.2, 0) is 22.7 Å². The minimum atomic E-state index is -0.822. The first-order chi connectivity index (χ1) is 16.8. The highest BCUT2D eigenvalue weighted by atomic mass is 35.5. The molecule has 3 aromatic rings. The number of amides is 1. The van der Waals surface area contributed by atoms with Gasteiger partial charge in [-0.1, -0.05) is 39.3 Å². The number of nitrogens with one attached hydrogen (secondary N) is 1. The molecule has 1 aromatic heterocycles. The maximum Gasteiger partial charge on any atom is 0.294 e. The van der Waals surface area contributed by atoms with Crippen molar-refractivity contribution in [2.75, 3.05) is 24.7 Å². The number of aromatic nitrogens is 1. The van der Waals surface area contributed by atoms with E-state index in [1.54, 1.807) is 54.0 Å². The summed E-state index contributed by atoms with van der Waals surface area (Å²) in [5.41, 5.74) is 3.18. The van der Waals surface area contributed by atoms with E-state index in [2.05, 4.69) is 10.2 Å². The highest BCUT2D eigenvalue weighted by Gasteiger charge is 2.21. The molecule has 0 spiro atoms. The molecule has 0 fully saturated rings. The molecule has 0 unspecified atom stereocenters. The van der Waals surface area contributed by atoms with Crippen LogP contribution in [0.3, 0.4) is 0 Å². The Morgan fingerprint density at radius 3 is 2.57 bits per heavy atom. The summed E-state index contributed by atoms with van der Waals surface area (Å²) >= 11 is 5.96. The third-order valence-corrected chi connectivity index (χ3v) is 7.79. The van der Waals surface area contributed by atoms with E-state index in [0.29, 0.717) is 51.0 Å². The number of hydrogen-bond acceptors (Lipinski definition) is 8. The molecule has 9 nitrogen and oxygen atoms in total. The number of hydrogen-bond donors (Lipinski definition) is 2. The summed E-state index contributed by atoms with van der Waals surface area (Å²) in [7, 11) is 2.91. The van der Waals surface area contributed by atoms with Crippen molar-refractivity contribution in [3.05, 3.63) is 80.0 Å². The predicted octanol–water partition coefficient (Wildman–Crippen LogP) is 4.03. The fraction of sp³-hybridized carbons (Fsp3) is 0.304. The van der Waals surface area contributed by atoms with Crippen molar-refractivity contribution < 1.29 is 24.6 Å². The van der Waals surface area contributed by atoms with Gasteiger partial charge in [0.2, 0.25) is 5.91 Å². The Labute approximate surface area is 214 Å². The van der Waals surface area contributed by atoms with Gasteiger partial charge >= 0.3 is 0 Å². The molecule has 1 amide bonds. The van der Waals surface area contributed by atoms with Crippen molar-refractivity contribution in [2.45, 2.75) is 20.0 Å². The van der Waals surface area contributed by atoms with Gasteiger partial charge in [-0.2, -0.15) is 0 Å². The van der Waals surface area contributed by atoms with E-state index in [1.165, 1.54) is 21.6 Å². The van der Waals surface area contributed by atoms with Gasteiger partial charge in [-0.3, -0.25) is 14.2 Å². The van der Waals surface area contributed by atoms with Gasteiger partial charge in [-0.15, -0.1) is 10.1 Å². The summed E-state index contributed by atoms with van der Waals surface area (Å²) in [5.74, 6) is 0.664. The molecule has 186 valence electrons. The van der Waals surface area contributed by atoms with Gasteiger partial charge in [0, 0.05) is 39.7 Å². The minimum Gasteiger partial charge on any atom is -0.392 e. The first kappa shape index (κ1) is 26.9. The molecule has 0 aliphatic rings.